The molecule has 0 aliphatic carbocycles. The van der Waals surface area contributed by atoms with Gasteiger partial charge in [0.2, 0.25) is 0 Å². The molecule has 2 N–H and O–H groups in total. The minimum atomic E-state index is 0.492. The Morgan fingerprint density at radius 2 is 2.17 bits per heavy atom. The normalized spacial score (nSPS) is 17.0. The van der Waals surface area contributed by atoms with Gasteiger partial charge in [-0.3, -0.25) is 4.90 Å². The van der Waals surface area contributed by atoms with Gasteiger partial charge in [-0.1, -0.05) is 19.1 Å². The SMILES string of the molecule is C=C(C)CN1CCC(NC(=NCc2ncc(CC)s2)NCC)CC1. The van der Waals surface area contributed by atoms with E-state index >= 15 is 0 Å². The van der Waals surface area contributed by atoms with E-state index in [1.165, 1.54) is 10.5 Å². The fourth-order valence-corrected chi connectivity index (χ4v) is 3.65. The van der Waals surface area contributed by atoms with E-state index in [0.717, 1.165) is 56.4 Å². The van der Waals surface area contributed by atoms with Crippen LogP contribution in [0.5, 0.6) is 0 Å². The van der Waals surface area contributed by atoms with Gasteiger partial charge in [0.05, 0.1) is 6.54 Å². The zero-order valence-electron chi connectivity index (χ0n) is 15.3. The van der Waals surface area contributed by atoms with Crippen LogP contribution in [0.3, 0.4) is 0 Å². The van der Waals surface area contributed by atoms with Crippen molar-refractivity contribution in [1.29, 1.82) is 0 Å². The number of nitrogens with one attached hydrogen (secondary N) is 2. The quantitative estimate of drug-likeness (QED) is 0.451. The topological polar surface area (TPSA) is 52.5 Å². The van der Waals surface area contributed by atoms with Gasteiger partial charge in [-0.05, 0) is 33.1 Å². The fourth-order valence-electron chi connectivity index (χ4n) is 2.86. The standard InChI is InChI=1S/C18H31N5S/c1-5-16-11-20-17(24-16)12-21-18(19-6-2)22-15-7-9-23(10-8-15)13-14(3)4/h11,15H,3,5-10,12-13H2,1-2,4H3,(H2,19,21,22). The zero-order valence-corrected chi connectivity index (χ0v) is 16.1. The molecule has 0 radical (unpaired) electrons. The highest BCUT2D eigenvalue weighted by atomic mass is 32.1. The Hall–Kier alpha value is -1.40. The average Bonchev–Trinajstić information content (AvgIpc) is 3.02. The molecule has 6 heteroatoms. The first-order valence-corrected chi connectivity index (χ1v) is 9.77. The van der Waals surface area contributed by atoms with Crippen molar-refractivity contribution in [2.75, 3.05) is 26.2 Å². The Bertz CT molecular complexity index is 543. The van der Waals surface area contributed by atoms with Crippen molar-refractivity contribution in [3.63, 3.8) is 0 Å². The molecule has 2 rings (SSSR count). The second-order valence-electron chi connectivity index (χ2n) is 6.42. The van der Waals surface area contributed by atoms with Crippen LogP contribution in [0.4, 0.5) is 0 Å². The molecule has 5 nitrogen and oxygen atoms in total. The molecule has 0 aromatic carbocycles. The third-order valence-electron chi connectivity index (χ3n) is 4.09. The first-order valence-electron chi connectivity index (χ1n) is 8.95. The van der Waals surface area contributed by atoms with Crippen molar-refractivity contribution in [3.05, 3.63) is 28.2 Å². The highest BCUT2D eigenvalue weighted by Crippen LogP contribution is 2.14. The molecule has 1 aromatic heterocycles. The second-order valence-corrected chi connectivity index (χ2v) is 7.62. The summed E-state index contributed by atoms with van der Waals surface area (Å²) in [5, 5.41) is 8.02. The van der Waals surface area contributed by atoms with Crippen molar-refractivity contribution in [2.24, 2.45) is 4.99 Å². The number of rotatable bonds is 7. The molecule has 0 bridgehead atoms. The van der Waals surface area contributed by atoms with Crippen molar-refractivity contribution >= 4 is 17.3 Å². The number of hydrogen-bond donors (Lipinski definition) is 2. The Balaban J connectivity index is 1.84. The van der Waals surface area contributed by atoms with E-state index in [1.807, 2.05) is 6.20 Å². The maximum absolute atomic E-state index is 4.71. The van der Waals surface area contributed by atoms with Crippen molar-refractivity contribution in [3.8, 4) is 0 Å². The van der Waals surface area contributed by atoms with Gasteiger partial charge in [0.25, 0.3) is 0 Å². The summed E-state index contributed by atoms with van der Waals surface area (Å²) >= 11 is 1.76. The van der Waals surface area contributed by atoms with Crippen molar-refractivity contribution in [1.82, 2.24) is 20.5 Å². The van der Waals surface area contributed by atoms with Gasteiger partial charge in [-0.15, -0.1) is 11.3 Å². The summed E-state index contributed by atoms with van der Waals surface area (Å²) in [6, 6.07) is 0.492. The number of aryl methyl sites for hydroxylation is 1. The number of hydrogen-bond acceptors (Lipinski definition) is 4. The number of aliphatic imine (C=N–C) groups is 1. The van der Waals surface area contributed by atoms with Crippen LogP contribution in [0.25, 0.3) is 0 Å². The van der Waals surface area contributed by atoms with Crippen molar-refractivity contribution < 1.29 is 0 Å². The summed E-state index contributed by atoms with van der Waals surface area (Å²) in [6.45, 7) is 15.2. The Labute approximate surface area is 150 Å². The van der Waals surface area contributed by atoms with Gasteiger partial charge in [-0.2, -0.15) is 0 Å². The predicted molar refractivity (Wildman–Crippen MR) is 104 cm³/mol. The highest BCUT2D eigenvalue weighted by Gasteiger charge is 2.19. The lowest BCUT2D eigenvalue weighted by atomic mass is 10.0. The molecule has 0 saturated carbocycles. The van der Waals surface area contributed by atoms with Crippen LogP contribution in [0.2, 0.25) is 0 Å². The average molecular weight is 350 g/mol. The van der Waals surface area contributed by atoms with Crippen LogP contribution >= 0.6 is 11.3 Å². The molecule has 2 heterocycles. The monoisotopic (exact) mass is 349 g/mol. The van der Waals surface area contributed by atoms with Gasteiger partial charge in [0.15, 0.2) is 5.96 Å². The van der Waals surface area contributed by atoms with Crippen molar-refractivity contribution in [2.45, 2.75) is 52.6 Å². The predicted octanol–water partition coefficient (Wildman–Crippen LogP) is 2.80. The number of piperidine rings is 1. The lowest BCUT2D eigenvalue weighted by molar-refractivity contribution is 0.221. The van der Waals surface area contributed by atoms with E-state index in [-0.39, 0.29) is 0 Å². The summed E-state index contributed by atoms with van der Waals surface area (Å²) in [5.74, 6) is 0.907. The van der Waals surface area contributed by atoms with Crippen LogP contribution in [-0.4, -0.2) is 48.1 Å². The van der Waals surface area contributed by atoms with Gasteiger partial charge < -0.3 is 10.6 Å². The summed E-state index contributed by atoms with van der Waals surface area (Å²) < 4.78 is 0. The molecule has 1 fully saturated rings. The van der Waals surface area contributed by atoms with Gasteiger partial charge >= 0.3 is 0 Å². The van der Waals surface area contributed by atoms with E-state index in [0.29, 0.717) is 12.6 Å². The van der Waals surface area contributed by atoms with E-state index in [1.54, 1.807) is 11.3 Å². The molecule has 24 heavy (non-hydrogen) atoms. The van der Waals surface area contributed by atoms with E-state index in [2.05, 4.69) is 47.9 Å². The minimum absolute atomic E-state index is 0.492. The van der Waals surface area contributed by atoms with E-state index in [9.17, 15) is 0 Å². The van der Waals surface area contributed by atoms with E-state index < -0.39 is 0 Å². The van der Waals surface area contributed by atoms with E-state index in [4.69, 9.17) is 4.99 Å². The lowest BCUT2D eigenvalue weighted by Gasteiger charge is -2.33. The molecule has 1 aromatic rings. The van der Waals surface area contributed by atoms with Crippen LogP contribution in [0, 0.1) is 0 Å². The molecular weight excluding hydrogens is 318 g/mol. The minimum Gasteiger partial charge on any atom is -0.357 e. The molecule has 1 saturated heterocycles. The third-order valence-corrected chi connectivity index (χ3v) is 5.21. The molecule has 0 amide bonds. The Kier molecular flexibility index (Phi) is 7.72. The molecular formula is C18H31N5S. The molecule has 1 aliphatic heterocycles. The number of guanidine groups is 1. The summed E-state index contributed by atoms with van der Waals surface area (Å²) in [6.07, 6.45) is 5.31. The number of thiazole rings is 1. The fraction of sp³-hybridized carbons (Fsp3) is 0.667. The Morgan fingerprint density at radius 1 is 1.42 bits per heavy atom. The summed E-state index contributed by atoms with van der Waals surface area (Å²) in [7, 11) is 0. The molecule has 0 spiro atoms. The largest absolute Gasteiger partial charge is 0.357 e. The number of nitrogens with zero attached hydrogens (tertiary/aromatic N) is 3. The summed E-state index contributed by atoms with van der Waals surface area (Å²) in [4.78, 5) is 13.0. The van der Waals surface area contributed by atoms with Gasteiger partial charge in [-0.25, -0.2) is 9.98 Å². The highest BCUT2D eigenvalue weighted by molar-refractivity contribution is 7.11. The van der Waals surface area contributed by atoms with Gasteiger partial charge in [0.1, 0.15) is 5.01 Å². The smallest absolute Gasteiger partial charge is 0.191 e. The Morgan fingerprint density at radius 3 is 2.75 bits per heavy atom. The molecule has 0 atom stereocenters. The van der Waals surface area contributed by atoms with Crippen LogP contribution in [-0.2, 0) is 13.0 Å². The molecule has 0 unspecified atom stereocenters. The third kappa shape index (κ3) is 6.24. The van der Waals surface area contributed by atoms with Crippen LogP contribution in [0.15, 0.2) is 23.3 Å². The maximum atomic E-state index is 4.71. The molecule has 134 valence electrons. The first kappa shape index (κ1) is 18.9. The van der Waals surface area contributed by atoms with Crippen LogP contribution < -0.4 is 10.6 Å². The zero-order chi connectivity index (χ0) is 17.4. The number of aromatic nitrogens is 1. The summed E-state index contributed by atoms with van der Waals surface area (Å²) in [5.41, 5.74) is 1.24. The lowest BCUT2D eigenvalue weighted by Crippen LogP contribution is -2.48. The van der Waals surface area contributed by atoms with Gasteiger partial charge in [0, 0.05) is 43.3 Å². The maximum Gasteiger partial charge on any atom is 0.191 e. The molecule has 1 aliphatic rings. The second kappa shape index (κ2) is 9.79. The first-order chi connectivity index (χ1) is 11.6. The number of likely N-dealkylation sites (tertiary alicyclic amines) is 1. The van der Waals surface area contributed by atoms with Crippen LogP contribution in [0.1, 0.15) is 43.5 Å².